The Balaban J connectivity index is 1.83. The Morgan fingerprint density at radius 3 is 2.24 bits per heavy atom. The number of rotatable bonds is 4. The summed E-state index contributed by atoms with van der Waals surface area (Å²) in [7, 11) is 0. The Kier molecular flexibility index (Phi) is 4.84. The third-order valence-electron chi connectivity index (χ3n) is 5.08. The van der Waals surface area contributed by atoms with Crippen molar-refractivity contribution >= 4 is 5.91 Å². The molecule has 1 saturated carbocycles. The highest BCUT2D eigenvalue weighted by Gasteiger charge is 2.43. The molecular weight excluding hydrogens is 327 g/mol. The normalized spacial score (nSPS) is 17.3. The van der Waals surface area contributed by atoms with Crippen LogP contribution in [-0.4, -0.2) is 5.91 Å². The summed E-state index contributed by atoms with van der Waals surface area (Å²) in [6.45, 7) is 1.73. The molecular formula is C20H20F3NO. The summed E-state index contributed by atoms with van der Waals surface area (Å²) in [6.07, 6.45) is 3.22. The van der Waals surface area contributed by atoms with Crippen LogP contribution in [0.1, 0.15) is 49.8 Å². The van der Waals surface area contributed by atoms with Crippen LogP contribution in [0, 0.1) is 17.5 Å². The molecule has 0 bridgehead atoms. The maximum atomic E-state index is 13.4. The van der Waals surface area contributed by atoms with Crippen molar-refractivity contribution in [2.24, 2.45) is 0 Å². The average Bonchev–Trinajstić information content (AvgIpc) is 3.09. The highest BCUT2D eigenvalue weighted by atomic mass is 19.2. The van der Waals surface area contributed by atoms with Crippen molar-refractivity contribution in [1.82, 2.24) is 5.32 Å². The van der Waals surface area contributed by atoms with Crippen LogP contribution in [0.3, 0.4) is 0 Å². The van der Waals surface area contributed by atoms with E-state index in [2.05, 4.69) is 5.32 Å². The molecule has 1 N–H and O–H groups in total. The third-order valence-corrected chi connectivity index (χ3v) is 5.08. The lowest BCUT2D eigenvalue weighted by atomic mass is 9.77. The summed E-state index contributed by atoms with van der Waals surface area (Å²) in [6, 6.07) is 9.19. The van der Waals surface area contributed by atoms with Gasteiger partial charge >= 0.3 is 0 Å². The quantitative estimate of drug-likeness (QED) is 0.846. The van der Waals surface area contributed by atoms with Gasteiger partial charge in [-0.1, -0.05) is 31.0 Å². The summed E-state index contributed by atoms with van der Waals surface area (Å²) in [5.41, 5.74) is 0.599. The molecule has 0 aliphatic heterocycles. The van der Waals surface area contributed by atoms with Gasteiger partial charge < -0.3 is 5.32 Å². The summed E-state index contributed by atoms with van der Waals surface area (Å²) in [4.78, 5) is 13.0. The molecule has 2 aromatic carbocycles. The SMILES string of the molecule is CC(NC(=O)C1(c2ccc(F)cc2)CCCC1)c1ccc(F)c(F)c1. The number of halogens is 3. The fourth-order valence-electron chi connectivity index (χ4n) is 3.59. The molecule has 1 aliphatic rings. The van der Waals surface area contributed by atoms with Crippen LogP contribution in [-0.2, 0) is 10.2 Å². The second kappa shape index (κ2) is 6.90. The zero-order valence-electron chi connectivity index (χ0n) is 14.0. The maximum absolute atomic E-state index is 13.4. The Morgan fingerprint density at radius 2 is 1.64 bits per heavy atom. The van der Waals surface area contributed by atoms with Gasteiger partial charge in [-0.25, -0.2) is 13.2 Å². The van der Waals surface area contributed by atoms with Gasteiger partial charge in [-0.15, -0.1) is 0 Å². The Labute approximate surface area is 145 Å². The van der Waals surface area contributed by atoms with Crippen molar-refractivity contribution in [3.63, 3.8) is 0 Å². The molecule has 0 spiro atoms. The molecule has 1 fully saturated rings. The second-order valence-electron chi connectivity index (χ2n) is 6.66. The molecule has 132 valence electrons. The number of carbonyl (C=O) groups is 1. The average molecular weight is 347 g/mol. The highest BCUT2D eigenvalue weighted by Crippen LogP contribution is 2.41. The Hall–Kier alpha value is -2.30. The Bertz CT molecular complexity index is 767. The monoisotopic (exact) mass is 347 g/mol. The molecule has 0 aromatic heterocycles. The molecule has 3 rings (SSSR count). The number of benzene rings is 2. The van der Waals surface area contributed by atoms with E-state index < -0.39 is 23.1 Å². The molecule has 0 heterocycles. The van der Waals surface area contributed by atoms with Crippen LogP contribution in [0.5, 0.6) is 0 Å². The first-order valence-corrected chi connectivity index (χ1v) is 8.44. The second-order valence-corrected chi connectivity index (χ2v) is 6.66. The van der Waals surface area contributed by atoms with Crippen LogP contribution in [0.15, 0.2) is 42.5 Å². The van der Waals surface area contributed by atoms with Gasteiger partial charge in [-0.2, -0.15) is 0 Å². The number of amides is 1. The van der Waals surface area contributed by atoms with Gasteiger partial charge in [0.05, 0.1) is 11.5 Å². The van der Waals surface area contributed by atoms with E-state index in [-0.39, 0.29) is 11.7 Å². The first-order chi connectivity index (χ1) is 11.9. The van der Waals surface area contributed by atoms with Gasteiger partial charge in [0.15, 0.2) is 11.6 Å². The molecule has 0 radical (unpaired) electrons. The molecule has 5 heteroatoms. The highest BCUT2D eigenvalue weighted by molar-refractivity contribution is 5.88. The number of hydrogen-bond acceptors (Lipinski definition) is 1. The largest absolute Gasteiger partial charge is 0.349 e. The van der Waals surface area contributed by atoms with Crippen LogP contribution in [0.25, 0.3) is 0 Å². The van der Waals surface area contributed by atoms with E-state index in [0.717, 1.165) is 30.5 Å². The first-order valence-electron chi connectivity index (χ1n) is 8.44. The maximum Gasteiger partial charge on any atom is 0.231 e. The van der Waals surface area contributed by atoms with Crippen molar-refractivity contribution in [3.8, 4) is 0 Å². The summed E-state index contributed by atoms with van der Waals surface area (Å²) in [5.74, 6) is -2.35. The zero-order chi connectivity index (χ0) is 18.0. The Morgan fingerprint density at radius 1 is 1.00 bits per heavy atom. The van der Waals surface area contributed by atoms with Crippen LogP contribution in [0.2, 0.25) is 0 Å². The van der Waals surface area contributed by atoms with E-state index in [1.807, 2.05) is 0 Å². The zero-order valence-corrected chi connectivity index (χ0v) is 14.0. The van der Waals surface area contributed by atoms with E-state index in [1.54, 1.807) is 19.1 Å². The summed E-state index contributed by atoms with van der Waals surface area (Å²) in [5, 5.41) is 2.92. The number of hydrogen-bond donors (Lipinski definition) is 1. The van der Waals surface area contributed by atoms with Gasteiger partial charge in [0, 0.05) is 0 Å². The van der Waals surface area contributed by atoms with Crippen molar-refractivity contribution in [2.45, 2.75) is 44.1 Å². The van der Waals surface area contributed by atoms with Gasteiger partial charge in [0.25, 0.3) is 0 Å². The van der Waals surface area contributed by atoms with Crippen molar-refractivity contribution in [3.05, 3.63) is 71.0 Å². The first kappa shape index (κ1) is 17.5. The van der Waals surface area contributed by atoms with Gasteiger partial charge in [-0.05, 0) is 55.2 Å². The molecule has 1 unspecified atom stereocenters. The van der Waals surface area contributed by atoms with E-state index >= 15 is 0 Å². The van der Waals surface area contributed by atoms with Gasteiger partial charge in [0.2, 0.25) is 5.91 Å². The molecule has 25 heavy (non-hydrogen) atoms. The lowest BCUT2D eigenvalue weighted by Gasteiger charge is -2.30. The summed E-state index contributed by atoms with van der Waals surface area (Å²) >= 11 is 0. The predicted molar refractivity (Wildman–Crippen MR) is 89.5 cm³/mol. The van der Waals surface area contributed by atoms with Crippen LogP contribution < -0.4 is 5.32 Å². The smallest absolute Gasteiger partial charge is 0.231 e. The minimum atomic E-state index is -0.937. The molecule has 1 aliphatic carbocycles. The van der Waals surface area contributed by atoms with Crippen LogP contribution in [0.4, 0.5) is 13.2 Å². The van der Waals surface area contributed by atoms with E-state index in [1.165, 1.54) is 18.2 Å². The van der Waals surface area contributed by atoms with Crippen molar-refractivity contribution in [1.29, 1.82) is 0 Å². The molecule has 0 saturated heterocycles. The fourth-order valence-corrected chi connectivity index (χ4v) is 3.59. The minimum Gasteiger partial charge on any atom is -0.349 e. The predicted octanol–water partition coefficient (Wildman–Crippen LogP) is 4.79. The van der Waals surface area contributed by atoms with Crippen molar-refractivity contribution in [2.75, 3.05) is 0 Å². The standard InChI is InChI=1S/C20H20F3NO/c1-13(14-4-9-17(22)18(23)12-14)24-19(25)20(10-2-3-11-20)15-5-7-16(21)8-6-15/h4-9,12-13H,2-3,10-11H2,1H3,(H,24,25). The third kappa shape index (κ3) is 3.41. The van der Waals surface area contributed by atoms with Gasteiger partial charge in [-0.3, -0.25) is 4.79 Å². The molecule has 2 aromatic rings. The number of carbonyl (C=O) groups excluding carboxylic acids is 1. The van der Waals surface area contributed by atoms with Crippen LogP contribution >= 0.6 is 0 Å². The van der Waals surface area contributed by atoms with E-state index in [0.29, 0.717) is 18.4 Å². The molecule has 2 nitrogen and oxygen atoms in total. The molecule has 1 atom stereocenters. The number of nitrogens with one attached hydrogen (secondary N) is 1. The molecule has 1 amide bonds. The fraction of sp³-hybridized carbons (Fsp3) is 0.350. The van der Waals surface area contributed by atoms with Gasteiger partial charge in [0.1, 0.15) is 5.82 Å². The lowest BCUT2D eigenvalue weighted by molar-refractivity contribution is -0.127. The topological polar surface area (TPSA) is 29.1 Å². The lowest BCUT2D eigenvalue weighted by Crippen LogP contribution is -2.43. The minimum absolute atomic E-state index is 0.158. The van der Waals surface area contributed by atoms with E-state index in [4.69, 9.17) is 0 Å². The van der Waals surface area contributed by atoms with E-state index in [9.17, 15) is 18.0 Å². The summed E-state index contributed by atoms with van der Waals surface area (Å²) < 4.78 is 39.8. The van der Waals surface area contributed by atoms with Crippen molar-refractivity contribution < 1.29 is 18.0 Å².